The van der Waals surface area contributed by atoms with Crippen LogP contribution in [0, 0.1) is 5.92 Å². The van der Waals surface area contributed by atoms with Crippen LogP contribution in [0.3, 0.4) is 0 Å². The highest BCUT2D eigenvalue weighted by Crippen LogP contribution is 2.35. The fourth-order valence-corrected chi connectivity index (χ4v) is 5.64. The number of Topliss-reactive ketones (excluding diaryl/α,β-unsaturated/α-hetero) is 1. The van der Waals surface area contributed by atoms with Gasteiger partial charge in [0.15, 0.2) is 9.84 Å². The molecule has 1 aromatic rings. The van der Waals surface area contributed by atoms with Crippen molar-refractivity contribution in [1.82, 2.24) is 4.98 Å². The number of carbonyl (C=O) groups excluding carboxylic acids is 1. The zero-order valence-corrected chi connectivity index (χ0v) is 16.4. The van der Waals surface area contributed by atoms with Gasteiger partial charge in [-0.1, -0.05) is 6.42 Å². The van der Waals surface area contributed by atoms with Crippen LogP contribution < -0.4 is 9.64 Å². The third-order valence-electron chi connectivity index (χ3n) is 5.63. The Hall–Kier alpha value is -1.77. The number of aromatic nitrogens is 1. The lowest BCUT2D eigenvalue weighted by atomic mass is 10.1. The van der Waals surface area contributed by atoms with E-state index in [0.29, 0.717) is 25.4 Å². The Morgan fingerprint density at radius 2 is 2.04 bits per heavy atom. The molecule has 3 aliphatic rings. The third-order valence-corrected chi connectivity index (χ3v) is 7.80. The van der Waals surface area contributed by atoms with Crippen LogP contribution >= 0.6 is 0 Å². The summed E-state index contributed by atoms with van der Waals surface area (Å²) in [7, 11) is -3.56. The third kappa shape index (κ3) is 4.14. The second-order valence-corrected chi connectivity index (χ2v) is 10.3. The van der Waals surface area contributed by atoms with E-state index >= 15 is 0 Å². The highest BCUT2D eigenvalue weighted by molar-refractivity contribution is 7.92. The molecule has 1 atom stereocenters. The van der Waals surface area contributed by atoms with Crippen molar-refractivity contribution in [3.8, 4) is 5.88 Å². The first-order chi connectivity index (χ1) is 13.3. The summed E-state index contributed by atoms with van der Waals surface area (Å²) in [4.78, 5) is 18.8. The zero-order valence-electron chi connectivity index (χ0n) is 15.6. The highest BCUT2D eigenvalue weighted by atomic mass is 32.2. The van der Waals surface area contributed by atoms with Gasteiger partial charge in [0.2, 0.25) is 11.7 Å². The average molecular weight is 414 g/mol. The van der Waals surface area contributed by atoms with Crippen molar-refractivity contribution in [3.63, 3.8) is 0 Å². The molecule has 0 bridgehead atoms. The van der Waals surface area contributed by atoms with E-state index in [-0.39, 0.29) is 42.4 Å². The SMILES string of the molecule is O=C(c1nc(OCC2CC2)ccc1N1CCC(F)(F)C1)C1CCCCS1(=O)=O. The molecule has 0 spiro atoms. The van der Waals surface area contributed by atoms with Crippen LogP contribution in [0.25, 0.3) is 0 Å². The molecule has 4 rings (SSSR count). The molecule has 0 aromatic carbocycles. The molecule has 1 aliphatic carbocycles. The number of alkyl halides is 2. The minimum Gasteiger partial charge on any atom is -0.477 e. The van der Waals surface area contributed by atoms with E-state index in [9.17, 15) is 22.0 Å². The maximum atomic E-state index is 13.7. The summed E-state index contributed by atoms with van der Waals surface area (Å²) < 4.78 is 57.9. The largest absolute Gasteiger partial charge is 0.477 e. The van der Waals surface area contributed by atoms with E-state index in [1.165, 1.54) is 4.90 Å². The molecule has 0 amide bonds. The Morgan fingerprint density at radius 1 is 1.25 bits per heavy atom. The number of pyridine rings is 1. The molecule has 6 nitrogen and oxygen atoms in total. The number of carbonyl (C=O) groups is 1. The summed E-state index contributed by atoms with van der Waals surface area (Å²) in [6, 6.07) is 3.12. The van der Waals surface area contributed by atoms with E-state index < -0.39 is 33.3 Å². The highest BCUT2D eigenvalue weighted by Gasteiger charge is 2.42. The number of anilines is 1. The van der Waals surface area contributed by atoms with Crippen LogP contribution in [-0.4, -0.2) is 55.8 Å². The summed E-state index contributed by atoms with van der Waals surface area (Å²) >= 11 is 0. The molecule has 2 aliphatic heterocycles. The van der Waals surface area contributed by atoms with E-state index in [4.69, 9.17) is 4.74 Å². The van der Waals surface area contributed by atoms with Gasteiger partial charge in [0.1, 0.15) is 10.9 Å². The van der Waals surface area contributed by atoms with E-state index in [1.54, 1.807) is 12.1 Å². The first kappa shape index (κ1) is 19.5. The Balaban J connectivity index is 1.66. The van der Waals surface area contributed by atoms with Gasteiger partial charge in [0, 0.05) is 19.0 Å². The molecule has 1 unspecified atom stereocenters. The molecule has 0 N–H and O–H groups in total. The van der Waals surface area contributed by atoms with E-state index in [0.717, 1.165) is 12.8 Å². The first-order valence-electron chi connectivity index (χ1n) is 9.78. The standard InChI is InChI=1S/C19H24F2N2O4S/c20-19(21)8-9-23(12-19)14-6-7-16(27-11-13-4-5-13)22-17(14)18(24)15-3-1-2-10-28(15,25)26/h6-7,13,15H,1-5,8-12H2. The van der Waals surface area contributed by atoms with Crippen molar-refractivity contribution in [2.75, 3.05) is 30.3 Å². The number of halogens is 2. The number of ether oxygens (including phenoxy) is 1. The normalized spacial score (nSPS) is 26.2. The Kier molecular flexibility index (Phi) is 5.05. The van der Waals surface area contributed by atoms with Gasteiger partial charge in [-0.25, -0.2) is 22.2 Å². The number of sulfone groups is 1. The van der Waals surface area contributed by atoms with Gasteiger partial charge in [-0.05, 0) is 37.7 Å². The first-order valence-corrected chi connectivity index (χ1v) is 11.5. The van der Waals surface area contributed by atoms with Crippen molar-refractivity contribution in [2.24, 2.45) is 5.92 Å². The van der Waals surface area contributed by atoms with E-state index in [1.807, 2.05) is 0 Å². The summed E-state index contributed by atoms with van der Waals surface area (Å²) in [5, 5.41) is -1.16. The van der Waals surface area contributed by atoms with Crippen LogP contribution in [-0.2, 0) is 9.84 Å². The quantitative estimate of drug-likeness (QED) is 0.667. The smallest absolute Gasteiger partial charge is 0.266 e. The molecule has 3 heterocycles. The van der Waals surface area contributed by atoms with Crippen LogP contribution in [0.15, 0.2) is 12.1 Å². The number of ketones is 1. The van der Waals surface area contributed by atoms with Gasteiger partial charge in [0.25, 0.3) is 5.92 Å². The lowest BCUT2D eigenvalue weighted by Gasteiger charge is -2.25. The molecular formula is C19H24F2N2O4S. The number of hydrogen-bond acceptors (Lipinski definition) is 6. The van der Waals surface area contributed by atoms with Gasteiger partial charge in [-0.15, -0.1) is 0 Å². The monoisotopic (exact) mass is 414 g/mol. The van der Waals surface area contributed by atoms with Gasteiger partial charge >= 0.3 is 0 Å². The molecular weight excluding hydrogens is 390 g/mol. The Labute approximate surface area is 163 Å². The maximum absolute atomic E-state index is 13.7. The van der Waals surface area contributed by atoms with Crippen molar-refractivity contribution in [2.45, 2.75) is 49.7 Å². The Bertz CT molecular complexity index is 871. The second-order valence-electron chi connectivity index (χ2n) is 8.01. The van der Waals surface area contributed by atoms with Crippen molar-refractivity contribution in [3.05, 3.63) is 17.8 Å². The predicted octanol–water partition coefficient (Wildman–Crippen LogP) is 2.87. The summed E-state index contributed by atoms with van der Waals surface area (Å²) in [5.74, 6) is -2.76. The fraction of sp³-hybridized carbons (Fsp3) is 0.684. The number of hydrogen-bond donors (Lipinski definition) is 0. The molecule has 28 heavy (non-hydrogen) atoms. The van der Waals surface area contributed by atoms with Gasteiger partial charge in [-0.2, -0.15) is 0 Å². The van der Waals surface area contributed by atoms with Crippen molar-refractivity contribution in [1.29, 1.82) is 0 Å². The van der Waals surface area contributed by atoms with Crippen molar-refractivity contribution < 1.29 is 26.7 Å². The lowest BCUT2D eigenvalue weighted by Crippen LogP contribution is -2.37. The summed E-state index contributed by atoms with van der Waals surface area (Å²) in [6.45, 7) is 0.0762. The Morgan fingerprint density at radius 3 is 2.68 bits per heavy atom. The molecule has 154 valence electrons. The minimum atomic E-state index is -3.56. The van der Waals surface area contributed by atoms with Crippen LogP contribution in [0.1, 0.15) is 49.0 Å². The molecule has 2 saturated heterocycles. The maximum Gasteiger partial charge on any atom is 0.266 e. The van der Waals surface area contributed by atoms with Crippen LogP contribution in [0.5, 0.6) is 5.88 Å². The van der Waals surface area contributed by atoms with Crippen LogP contribution in [0.4, 0.5) is 14.5 Å². The van der Waals surface area contributed by atoms with E-state index in [2.05, 4.69) is 4.98 Å². The summed E-state index contributed by atoms with van der Waals surface area (Å²) in [5.41, 5.74) is 0.197. The zero-order chi connectivity index (χ0) is 19.9. The average Bonchev–Trinajstić information content (AvgIpc) is 3.40. The van der Waals surface area contributed by atoms with Gasteiger partial charge in [0.05, 0.1) is 24.6 Å². The van der Waals surface area contributed by atoms with Crippen LogP contribution in [0.2, 0.25) is 0 Å². The molecule has 0 radical (unpaired) electrons. The topological polar surface area (TPSA) is 76.6 Å². The van der Waals surface area contributed by atoms with Gasteiger partial charge < -0.3 is 9.64 Å². The minimum absolute atomic E-state index is 0.0294. The molecule has 3 fully saturated rings. The number of rotatable bonds is 6. The van der Waals surface area contributed by atoms with Gasteiger partial charge in [-0.3, -0.25) is 4.79 Å². The number of nitrogens with zero attached hydrogens (tertiary/aromatic N) is 2. The molecule has 9 heteroatoms. The summed E-state index contributed by atoms with van der Waals surface area (Å²) in [6.07, 6.45) is 3.30. The second kappa shape index (κ2) is 7.24. The van der Waals surface area contributed by atoms with Crippen molar-refractivity contribution >= 4 is 21.3 Å². The molecule has 1 aromatic heterocycles. The molecule has 1 saturated carbocycles. The fourth-order valence-electron chi connectivity index (χ4n) is 3.78. The lowest BCUT2D eigenvalue weighted by molar-refractivity contribution is 0.0257. The predicted molar refractivity (Wildman–Crippen MR) is 100.0 cm³/mol.